The molecule has 0 fully saturated rings. The summed E-state index contributed by atoms with van der Waals surface area (Å²) in [6.07, 6.45) is 4.25. The second kappa shape index (κ2) is 8.71. The minimum atomic E-state index is -3.52. The summed E-state index contributed by atoms with van der Waals surface area (Å²) in [5, 5.41) is 1.75. The Labute approximate surface area is 171 Å². The van der Waals surface area contributed by atoms with Crippen LogP contribution in [-0.4, -0.2) is 30.8 Å². The summed E-state index contributed by atoms with van der Waals surface area (Å²) in [5.74, 6) is 0.271. The number of hydrogen-bond acceptors (Lipinski definition) is 5. The van der Waals surface area contributed by atoms with Crippen LogP contribution in [0.4, 0.5) is 0 Å². The molecule has 0 atom stereocenters. The summed E-state index contributed by atoms with van der Waals surface area (Å²) < 4.78 is 27.9. The van der Waals surface area contributed by atoms with Gasteiger partial charge in [0, 0.05) is 37.4 Å². The van der Waals surface area contributed by atoms with E-state index in [1.165, 1.54) is 11.3 Å². The molecule has 0 aliphatic carbocycles. The predicted octanol–water partition coefficient (Wildman–Crippen LogP) is 3.25. The first-order valence-electron chi connectivity index (χ1n) is 9.65. The van der Waals surface area contributed by atoms with Gasteiger partial charge in [-0.15, -0.1) is 11.3 Å². The highest BCUT2D eigenvalue weighted by atomic mass is 32.2. The quantitative estimate of drug-likeness (QED) is 0.744. The molecule has 28 heavy (non-hydrogen) atoms. The lowest BCUT2D eigenvalue weighted by Gasteiger charge is -2.32. The molecule has 1 N–H and O–H groups in total. The van der Waals surface area contributed by atoms with Gasteiger partial charge in [-0.1, -0.05) is 19.9 Å². The smallest absolute Gasteiger partial charge is 0.250 e. The Bertz CT molecular complexity index is 936. The summed E-state index contributed by atoms with van der Waals surface area (Å²) in [5.41, 5.74) is 3.89. The van der Waals surface area contributed by atoms with Crippen LogP contribution in [0, 0.1) is 12.8 Å². The van der Waals surface area contributed by atoms with Gasteiger partial charge in [0.15, 0.2) is 0 Å². The number of aryl methyl sites for hydroxylation is 1. The van der Waals surface area contributed by atoms with Crippen molar-refractivity contribution in [1.82, 2.24) is 14.6 Å². The van der Waals surface area contributed by atoms with Gasteiger partial charge in [-0.25, -0.2) is 13.1 Å². The van der Waals surface area contributed by atoms with Gasteiger partial charge in [0.1, 0.15) is 4.21 Å². The van der Waals surface area contributed by atoms with Crippen LogP contribution in [-0.2, 0) is 34.3 Å². The third-order valence-electron chi connectivity index (χ3n) is 5.44. The standard InChI is InChI=1S/C20H27N3O3S2/c1-4-15(5-2)20(24)23-9-8-17-16(13-23)11-21-14(3)18(17)12-22-28(25,26)19-7-6-10-27-19/h6-7,10-11,15,22H,4-5,8-9,12-13H2,1-3H3. The van der Waals surface area contributed by atoms with E-state index < -0.39 is 10.0 Å². The zero-order valence-electron chi connectivity index (χ0n) is 16.6. The monoisotopic (exact) mass is 421 g/mol. The molecule has 6 nitrogen and oxygen atoms in total. The maximum atomic E-state index is 12.7. The molecule has 0 radical (unpaired) electrons. The van der Waals surface area contributed by atoms with Crippen molar-refractivity contribution in [3.63, 3.8) is 0 Å². The fraction of sp³-hybridized carbons (Fsp3) is 0.500. The SMILES string of the molecule is CCC(CC)C(=O)N1CCc2c(cnc(C)c2CNS(=O)(=O)c2cccs2)C1. The topological polar surface area (TPSA) is 79.4 Å². The number of pyridine rings is 1. The summed E-state index contributed by atoms with van der Waals surface area (Å²) in [4.78, 5) is 19.1. The van der Waals surface area contributed by atoms with Crippen molar-refractivity contribution < 1.29 is 13.2 Å². The molecule has 3 rings (SSSR count). The average Bonchev–Trinajstić information content (AvgIpc) is 3.23. The van der Waals surface area contributed by atoms with Crippen LogP contribution in [0.3, 0.4) is 0 Å². The molecule has 0 bridgehead atoms. The zero-order chi connectivity index (χ0) is 20.3. The van der Waals surface area contributed by atoms with Crippen molar-refractivity contribution in [2.45, 2.75) is 57.3 Å². The van der Waals surface area contributed by atoms with Crippen molar-refractivity contribution >= 4 is 27.3 Å². The van der Waals surface area contributed by atoms with Gasteiger partial charge < -0.3 is 4.90 Å². The van der Waals surface area contributed by atoms with Crippen LogP contribution < -0.4 is 4.72 Å². The fourth-order valence-corrected chi connectivity index (χ4v) is 5.73. The molecule has 1 aliphatic heterocycles. The van der Waals surface area contributed by atoms with E-state index in [9.17, 15) is 13.2 Å². The first-order chi connectivity index (χ1) is 13.4. The van der Waals surface area contributed by atoms with E-state index in [2.05, 4.69) is 9.71 Å². The van der Waals surface area contributed by atoms with E-state index in [0.29, 0.717) is 17.3 Å². The number of rotatable bonds is 7. The first-order valence-corrected chi connectivity index (χ1v) is 12.0. The highest BCUT2D eigenvalue weighted by Crippen LogP contribution is 2.26. The van der Waals surface area contributed by atoms with Crippen molar-refractivity contribution in [2.75, 3.05) is 6.54 Å². The van der Waals surface area contributed by atoms with E-state index in [0.717, 1.165) is 41.6 Å². The van der Waals surface area contributed by atoms with E-state index in [1.54, 1.807) is 17.5 Å². The summed E-state index contributed by atoms with van der Waals surface area (Å²) >= 11 is 1.20. The Morgan fingerprint density at radius 3 is 2.75 bits per heavy atom. The Balaban J connectivity index is 1.79. The second-order valence-electron chi connectivity index (χ2n) is 7.11. The molecule has 8 heteroatoms. The molecule has 0 saturated carbocycles. The number of aromatic nitrogens is 1. The van der Waals surface area contributed by atoms with Crippen molar-refractivity contribution in [1.29, 1.82) is 0 Å². The van der Waals surface area contributed by atoms with Gasteiger partial charge in [-0.2, -0.15) is 0 Å². The van der Waals surface area contributed by atoms with Crippen LogP contribution in [0.25, 0.3) is 0 Å². The van der Waals surface area contributed by atoms with E-state index >= 15 is 0 Å². The molecule has 1 aliphatic rings. The largest absolute Gasteiger partial charge is 0.338 e. The number of carbonyl (C=O) groups excluding carboxylic acids is 1. The fourth-order valence-electron chi connectivity index (χ4n) is 3.70. The molecule has 0 spiro atoms. The molecular weight excluding hydrogens is 394 g/mol. The predicted molar refractivity (Wildman–Crippen MR) is 111 cm³/mol. The van der Waals surface area contributed by atoms with Crippen LogP contribution in [0.2, 0.25) is 0 Å². The summed E-state index contributed by atoms with van der Waals surface area (Å²) in [7, 11) is -3.52. The van der Waals surface area contributed by atoms with Crippen LogP contribution in [0.15, 0.2) is 27.9 Å². The highest BCUT2D eigenvalue weighted by molar-refractivity contribution is 7.91. The maximum absolute atomic E-state index is 12.7. The molecule has 152 valence electrons. The lowest BCUT2D eigenvalue weighted by Crippen LogP contribution is -2.40. The number of thiophene rings is 1. The minimum Gasteiger partial charge on any atom is -0.338 e. The first kappa shape index (κ1) is 21.0. The Morgan fingerprint density at radius 2 is 2.11 bits per heavy atom. The van der Waals surface area contributed by atoms with Crippen LogP contribution >= 0.6 is 11.3 Å². The lowest BCUT2D eigenvalue weighted by atomic mass is 9.93. The highest BCUT2D eigenvalue weighted by Gasteiger charge is 2.27. The minimum absolute atomic E-state index is 0.0667. The molecule has 1 amide bonds. The number of fused-ring (bicyclic) bond motifs is 1. The number of nitrogens with one attached hydrogen (secondary N) is 1. The molecule has 2 aromatic heterocycles. The molecule has 0 saturated heterocycles. The van der Waals surface area contributed by atoms with E-state index in [1.807, 2.05) is 31.9 Å². The number of nitrogens with zero attached hydrogens (tertiary/aromatic N) is 2. The summed E-state index contributed by atoms with van der Waals surface area (Å²) in [6, 6.07) is 3.32. The number of carbonyl (C=O) groups is 1. The van der Waals surface area contributed by atoms with Crippen LogP contribution in [0.1, 0.15) is 49.1 Å². The molecule has 0 aromatic carbocycles. The van der Waals surface area contributed by atoms with Crippen molar-refractivity contribution in [3.05, 3.63) is 46.1 Å². The molecule has 2 aromatic rings. The molecule has 3 heterocycles. The van der Waals surface area contributed by atoms with Gasteiger partial charge in [-0.05, 0) is 54.3 Å². The second-order valence-corrected chi connectivity index (χ2v) is 10.0. The molecule has 0 unspecified atom stereocenters. The van der Waals surface area contributed by atoms with Gasteiger partial charge >= 0.3 is 0 Å². The van der Waals surface area contributed by atoms with Crippen molar-refractivity contribution in [3.8, 4) is 0 Å². The van der Waals surface area contributed by atoms with E-state index in [-0.39, 0.29) is 18.4 Å². The van der Waals surface area contributed by atoms with Gasteiger partial charge in [0.25, 0.3) is 0 Å². The Hall–Kier alpha value is -1.77. The number of sulfonamides is 1. The third kappa shape index (κ3) is 4.29. The lowest BCUT2D eigenvalue weighted by molar-refractivity contribution is -0.136. The van der Waals surface area contributed by atoms with E-state index in [4.69, 9.17) is 0 Å². The van der Waals surface area contributed by atoms with Gasteiger partial charge in [-0.3, -0.25) is 9.78 Å². The third-order valence-corrected chi connectivity index (χ3v) is 8.24. The van der Waals surface area contributed by atoms with Gasteiger partial charge in [0.2, 0.25) is 15.9 Å². The summed E-state index contributed by atoms with van der Waals surface area (Å²) in [6.45, 7) is 7.41. The average molecular weight is 422 g/mol. The Morgan fingerprint density at radius 1 is 1.36 bits per heavy atom. The number of amides is 1. The van der Waals surface area contributed by atoms with Crippen molar-refractivity contribution in [2.24, 2.45) is 5.92 Å². The van der Waals surface area contributed by atoms with Gasteiger partial charge in [0.05, 0.1) is 0 Å². The number of hydrogen-bond donors (Lipinski definition) is 1. The van der Waals surface area contributed by atoms with Crippen LogP contribution in [0.5, 0.6) is 0 Å². The molecular formula is C20H27N3O3S2. The Kier molecular flexibility index (Phi) is 6.52. The zero-order valence-corrected chi connectivity index (χ0v) is 18.2. The normalized spacial score (nSPS) is 14.4. The maximum Gasteiger partial charge on any atom is 0.250 e.